The number of benzene rings is 1. The van der Waals surface area contributed by atoms with E-state index in [2.05, 4.69) is 20.4 Å². The second-order valence-electron chi connectivity index (χ2n) is 6.89. The third-order valence-electron chi connectivity index (χ3n) is 4.73. The average molecular weight is 418 g/mol. The number of pyridine rings is 1. The monoisotopic (exact) mass is 418 g/mol. The number of rotatable bonds is 3. The Kier molecular flexibility index (Phi) is 4.81. The van der Waals surface area contributed by atoms with Crippen LogP contribution in [0.1, 0.15) is 35.9 Å². The minimum absolute atomic E-state index is 0.0218. The van der Waals surface area contributed by atoms with Gasteiger partial charge in [0.15, 0.2) is 5.84 Å². The molecule has 0 saturated heterocycles. The molecular weight excluding hydrogens is 400 g/mol. The molecule has 1 unspecified atom stereocenters. The fourth-order valence-corrected chi connectivity index (χ4v) is 3.38. The normalized spacial score (nSPS) is 19.0. The number of guanidine groups is 1. The molecule has 0 spiro atoms. The van der Waals surface area contributed by atoms with E-state index in [0.29, 0.717) is 6.42 Å². The number of nitrogens with zero attached hydrogens (tertiary/aromatic N) is 4. The summed E-state index contributed by atoms with van der Waals surface area (Å²) < 4.78 is 54.8. The number of hydrogen-bond donors (Lipinski definition) is 2. The molecule has 30 heavy (non-hydrogen) atoms. The number of fused-ring (bicyclic) bond motifs is 1. The molecule has 1 aromatic heterocycles. The van der Waals surface area contributed by atoms with Gasteiger partial charge >= 0.3 is 6.18 Å². The van der Waals surface area contributed by atoms with E-state index in [1.54, 1.807) is 6.07 Å². The van der Waals surface area contributed by atoms with Crippen LogP contribution >= 0.6 is 0 Å². The Morgan fingerprint density at radius 3 is 2.60 bits per heavy atom. The molecule has 6 nitrogen and oxygen atoms in total. The second kappa shape index (κ2) is 7.21. The van der Waals surface area contributed by atoms with E-state index in [-0.39, 0.29) is 46.1 Å². The van der Waals surface area contributed by atoms with Crippen LogP contribution in [0.5, 0.6) is 0 Å². The van der Waals surface area contributed by atoms with Gasteiger partial charge in [-0.15, -0.1) is 0 Å². The number of aryl methyl sites for hydroxylation is 1. The summed E-state index contributed by atoms with van der Waals surface area (Å²) in [5, 5.41) is 1.41. The van der Waals surface area contributed by atoms with E-state index >= 15 is 0 Å². The maximum absolute atomic E-state index is 14.6. The highest BCUT2D eigenvalue weighted by Gasteiger charge is 2.38. The van der Waals surface area contributed by atoms with Crippen LogP contribution < -0.4 is 11.2 Å². The Bertz CT molecular complexity index is 1100. The van der Waals surface area contributed by atoms with Crippen molar-refractivity contribution in [2.75, 3.05) is 0 Å². The van der Waals surface area contributed by atoms with Gasteiger partial charge in [0.1, 0.15) is 17.7 Å². The number of aliphatic imine (C=N–C) groups is 2. The Morgan fingerprint density at radius 1 is 1.20 bits per heavy atom. The third-order valence-corrected chi connectivity index (χ3v) is 4.73. The fraction of sp³-hybridized carbons (Fsp3) is 0.250. The highest BCUT2D eigenvalue weighted by molar-refractivity contribution is 6.35. The van der Waals surface area contributed by atoms with Gasteiger partial charge in [0.05, 0.1) is 11.3 Å². The lowest BCUT2D eigenvalue weighted by molar-refractivity contribution is -0.141. The number of nitrogens with one attached hydrogen (secondary N) is 1. The molecule has 3 N–H and O–H groups in total. The quantitative estimate of drug-likeness (QED) is 0.745. The zero-order valence-corrected chi connectivity index (χ0v) is 16.1. The first kappa shape index (κ1) is 20.0. The number of nitrogens with two attached hydrogens (primary N) is 1. The average Bonchev–Trinajstić information content (AvgIpc) is 3.12. The molecule has 0 fully saturated rings. The van der Waals surface area contributed by atoms with Gasteiger partial charge in [-0.25, -0.2) is 29.8 Å². The topological polar surface area (TPSA) is 78.9 Å². The Balaban J connectivity index is 2.04. The molecule has 0 radical (unpaired) electrons. The molecule has 1 aromatic carbocycles. The van der Waals surface area contributed by atoms with Crippen LogP contribution in [0.25, 0.3) is 11.3 Å². The summed E-state index contributed by atoms with van der Waals surface area (Å²) in [5.74, 6) is -0.268. The van der Waals surface area contributed by atoms with E-state index in [1.165, 1.54) is 36.2 Å². The molecule has 0 saturated carbocycles. The van der Waals surface area contributed by atoms with Gasteiger partial charge < -0.3 is 5.73 Å². The number of alkyl halides is 3. The van der Waals surface area contributed by atoms with Gasteiger partial charge in [-0.2, -0.15) is 13.2 Å². The van der Waals surface area contributed by atoms with Gasteiger partial charge in [-0.3, -0.25) is 0 Å². The van der Waals surface area contributed by atoms with Crippen molar-refractivity contribution in [3.8, 4) is 0 Å². The van der Waals surface area contributed by atoms with Crippen LogP contribution in [-0.2, 0) is 6.18 Å². The molecule has 2 aromatic rings. The van der Waals surface area contributed by atoms with E-state index < -0.39 is 17.7 Å². The van der Waals surface area contributed by atoms with Crippen LogP contribution in [0.4, 0.5) is 17.6 Å². The predicted molar refractivity (Wildman–Crippen MR) is 105 cm³/mol. The first-order chi connectivity index (χ1) is 14.2. The lowest BCUT2D eigenvalue weighted by Crippen LogP contribution is -2.50. The molecule has 1 atom stereocenters. The van der Waals surface area contributed by atoms with Crippen molar-refractivity contribution in [2.45, 2.75) is 32.6 Å². The number of amidine groups is 1. The van der Waals surface area contributed by atoms with Gasteiger partial charge in [0, 0.05) is 11.3 Å². The SMILES string of the molecule is CCC1N=C2C(c3cc(C)nc(C(F)(F)F)c3)=C(c3ccccc3F)N=C(N)N2N1. The number of aromatic nitrogens is 1. The predicted octanol–water partition coefficient (Wildman–Crippen LogP) is 3.70. The first-order valence-electron chi connectivity index (χ1n) is 9.23. The summed E-state index contributed by atoms with van der Waals surface area (Å²) in [6.07, 6.45) is -4.37. The van der Waals surface area contributed by atoms with E-state index in [9.17, 15) is 17.6 Å². The van der Waals surface area contributed by atoms with E-state index in [4.69, 9.17) is 5.73 Å². The summed E-state index contributed by atoms with van der Waals surface area (Å²) in [5.41, 5.74) is 8.86. The van der Waals surface area contributed by atoms with Crippen LogP contribution in [0.2, 0.25) is 0 Å². The van der Waals surface area contributed by atoms with Crippen molar-refractivity contribution in [1.29, 1.82) is 0 Å². The lowest BCUT2D eigenvalue weighted by Gasteiger charge is -2.28. The van der Waals surface area contributed by atoms with Crippen molar-refractivity contribution >= 4 is 23.1 Å². The third kappa shape index (κ3) is 3.43. The number of halogens is 4. The fourth-order valence-electron chi connectivity index (χ4n) is 3.38. The summed E-state index contributed by atoms with van der Waals surface area (Å²) in [7, 11) is 0. The number of hydrogen-bond acceptors (Lipinski definition) is 6. The highest BCUT2D eigenvalue weighted by Crippen LogP contribution is 2.37. The summed E-state index contributed by atoms with van der Waals surface area (Å²) in [6, 6.07) is 8.28. The molecular formula is C20H18F4N6. The van der Waals surface area contributed by atoms with Crippen LogP contribution in [0.3, 0.4) is 0 Å². The van der Waals surface area contributed by atoms with Crippen molar-refractivity contribution in [3.05, 3.63) is 64.7 Å². The van der Waals surface area contributed by atoms with Crippen molar-refractivity contribution in [2.24, 2.45) is 15.7 Å². The minimum atomic E-state index is -4.64. The molecule has 2 aliphatic rings. The molecule has 156 valence electrons. The van der Waals surface area contributed by atoms with Gasteiger partial charge in [-0.1, -0.05) is 19.1 Å². The van der Waals surface area contributed by atoms with E-state index in [0.717, 1.165) is 6.07 Å². The molecule has 4 rings (SSSR count). The maximum atomic E-state index is 14.6. The Hall–Kier alpha value is -3.27. The Labute approximate surface area is 169 Å². The smallest absolute Gasteiger partial charge is 0.368 e. The summed E-state index contributed by atoms with van der Waals surface area (Å²) in [4.78, 5) is 12.5. The van der Waals surface area contributed by atoms with Crippen LogP contribution in [-0.4, -0.2) is 28.0 Å². The van der Waals surface area contributed by atoms with Crippen LogP contribution in [0, 0.1) is 12.7 Å². The maximum Gasteiger partial charge on any atom is 0.433 e. The Morgan fingerprint density at radius 2 is 1.93 bits per heavy atom. The van der Waals surface area contributed by atoms with Crippen molar-refractivity contribution in [1.82, 2.24) is 15.4 Å². The van der Waals surface area contributed by atoms with E-state index in [1.807, 2.05) is 6.92 Å². The van der Waals surface area contributed by atoms with Crippen LogP contribution in [0.15, 0.2) is 46.4 Å². The first-order valence-corrected chi connectivity index (χ1v) is 9.23. The molecule has 0 aliphatic carbocycles. The molecule has 2 aliphatic heterocycles. The zero-order valence-electron chi connectivity index (χ0n) is 16.1. The minimum Gasteiger partial charge on any atom is -0.368 e. The molecule has 10 heteroatoms. The number of hydrazine groups is 1. The standard InChI is InChI=1S/C20H18F4N6/c1-3-15-27-18-16(11-8-10(2)26-14(9-11)20(22,23)24)17(28-19(25)30(18)29-15)12-6-4-5-7-13(12)21/h4-9,15,29H,3H2,1-2H3,(H2,25,28). The second-order valence-corrected chi connectivity index (χ2v) is 6.89. The summed E-state index contributed by atoms with van der Waals surface area (Å²) in [6.45, 7) is 3.36. The summed E-state index contributed by atoms with van der Waals surface area (Å²) >= 11 is 0. The lowest BCUT2D eigenvalue weighted by atomic mass is 9.96. The highest BCUT2D eigenvalue weighted by atomic mass is 19.4. The van der Waals surface area contributed by atoms with Crippen molar-refractivity contribution in [3.63, 3.8) is 0 Å². The molecule has 0 amide bonds. The largest absolute Gasteiger partial charge is 0.433 e. The van der Waals surface area contributed by atoms with Crippen molar-refractivity contribution < 1.29 is 17.6 Å². The van der Waals surface area contributed by atoms with Gasteiger partial charge in [0.2, 0.25) is 5.96 Å². The van der Waals surface area contributed by atoms with Gasteiger partial charge in [0.25, 0.3) is 0 Å². The van der Waals surface area contributed by atoms with Gasteiger partial charge in [-0.05, 0) is 43.2 Å². The zero-order chi connectivity index (χ0) is 21.6. The molecule has 0 bridgehead atoms. The molecule has 3 heterocycles.